The standard InChI is InChI=1S/C19H23BrN2O4/c1-13(2)17(21-18(23)16-5-4-11-26-16)19(24)22(3)10-12-25-15-8-6-14(20)7-9-15/h4-9,11,13,17H,10,12H2,1-3H3,(H,21,23)/t17-/m0/s1. The molecule has 1 aromatic carbocycles. The Hall–Kier alpha value is -2.28. The van der Waals surface area contributed by atoms with Gasteiger partial charge in [-0.3, -0.25) is 9.59 Å². The van der Waals surface area contributed by atoms with Crippen molar-refractivity contribution in [3.63, 3.8) is 0 Å². The van der Waals surface area contributed by atoms with Crippen molar-refractivity contribution in [1.29, 1.82) is 0 Å². The van der Waals surface area contributed by atoms with Crippen molar-refractivity contribution in [2.75, 3.05) is 20.2 Å². The lowest BCUT2D eigenvalue weighted by molar-refractivity contribution is -0.133. The predicted octanol–water partition coefficient (Wildman–Crippen LogP) is 3.33. The summed E-state index contributed by atoms with van der Waals surface area (Å²) in [6.07, 6.45) is 1.42. The summed E-state index contributed by atoms with van der Waals surface area (Å²) in [5.74, 6) is 0.294. The topological polar surface area (TPSA) is 71.8 Å². The van der Waals surface area contributed by atoms with E-state index in [1.807, 2.05) is 38.1 Å². The molecule has 2 rings (SSSR count). The van der Waals surface area contributed by atoms with Gasteiger partial charge in [-0.1, -0.05) is 29.8 Å². The fourth-order valence-electron chi connectivity index (χ4n) is 2.31. The zero-order valence-electron chi connectivity index (χ0n) is 15.1. The molecule has 0 unspecified atom stereocenters. The van der Waals surface area contributed by atoms with E-state index in [2.05, 4.69) is 21.2 Å². The molecule has 7 heteroatoms. The van der Waals surface area contributed by atoms with Crippen LogP contribution in [0.3, 0.4) is 0 Å². The zero-order valence-corrected chi connectivity index (χ0v) is 16.7. The van der Waals surface area contributed by atoms with Gasteiger partial charge in [-0.15, -0.1) is 0 Å². The molecule has 2 amide bonds. The number of likely N-dealkylation sites (N-methyl/N-ethyl adjacent to an activating group) is 1. The van der Waals surface area contributed by atoms with Gasteiger partial charge in [0.1, 0.15) is 18.4 Å². The van der Waals surface area contributed by atoms with Crippen LogP contribution in [0.15, 0.2) is 51.6 Å². The number of benzene rings is 1. The van der Waals surface area contributed by atoms with Gasteiger partial charge in [-0.05, 0) is 42.3 Å². The molecular weight excluding hydrogens is 400 g/mol. The number of rotatable bonds is 8. The summed E-state index contributed by atoms with van der Waals surface area (Å²) in [5, 5.41) is 2.74. The van der Waals surface area contributed by atoms with E-state index in [1.165, 1.54) is 6.26 Å². The van der Waals surface area contributed by atoms with Crippen molar-refractivity contribution in [2.24, 2.45) is 5.92 Å². The molecule has 1 heterocycles. The van der Waals surface area contributed by atoms with Gasteiger partial charge in [-0.2, -0.15) is 0 Å². The number of carbonyl (C=O) groups is 2. The molecule has 0 bridgehead atoms. The van der Waals surface area contributed by atoms with E-state index in [0.29, 0.717) is 13.2 Å². The SMILES string of the molecule is CC(C)[C@H](NC(=O)c1ccco1)C(=O)N(C)CCOc1ccc(Br)cc1. The fraction of sp³-hybridized carbons (Fsp3) is 0.368. The van der Waals surface area contributed by atoms with Gasteiger partial charge in [0.05, 0.1) is 12.8 Å². The summed E-state index contributed by atoms with van der Waals surface area (Å²) in [5.41, 5.74) is 0. The first-order chi connectivity index (χ1) is 12.4. The second kappa shape index (κ2) is 9.43. The number of carbonyl (C=O) groups excluding carboxylic acids is 2. The Morgan fingerprint density at radius 1 is 1.23 bits per heavy atom. The molecule has 0 fully saturated rings. The molecule has 26 heavy (non-hydrogen) atoms. The second-order valence-electron chi connectivity index (χ2n) is 6.23. The van der Waals surface area contributed by atoms with Crippen molar-refractivity contribution in [3.8, 4) is 5.75 Å². The number of ether oxygens (including phenoxy) is 1. The third-order valence-corrected chi connectivity index (χ3v) is 4.38. The fourth-order valence-corrected chi connectivity index (χ4v) is 2.58. The van der Waals surface area contributed by atoms with Crippen molar-refractivity contribution in [1.82, 2.24) is 10.2 Å². The number of furan rings is 1. The maximum Gasteiger partial charge on any atom is 0.287 e. The normalized spacial score (nSPS) is 11.9. The highest BCUT2D eigenvalue weighted by Gasteiger charge is 2.28. The summed E-state index contributed by atoms with van der Waals surface area (Å²) in [4.78, 5) is 26.4. The molecule has 0 aliphatic heterocycles. The molecule has 0 saturated heterocycles. The van der Waals surface area contributed by atoms with Gasteiger partial charge in [-0.25, -0.2) is 0 Å². The first-order valence-corrected chi connectivity index (χ1v) is 9.15. The molecule has 1 atom stereocenters. The second-order valence-corrected chi connectivity index (χ2v) is 7.15. The molecule has 1 N–H and O–H groups in total. The summed E-state index contributed by atoms with van der Waals surface area (Å²) < 4.78 is 11.7. The van der Waals surface area contributed by atoms with Crippen molar-refractivity contribution in [2.45, 2.75) is 19.9 Å². The monoisotopic (exact) mass is 422 g/mol. The van der Waals surface area contributed by atoms with Crippen LogP contribution in [0.2, 0.25) is 0 Å². The summed E-state index contributed by atoms with van der Waals surface area (Å²) in [7, 11) is 1.70. The summed E-state index contributed by atoms with van der Waals surface area (Å²) in [6, 6.07) is 10.1. The van der Waals surface area contributed by atoms with Crippen LogP contribution in [0, 0.1) is 5.92 Å². The maximum atomic E-state index is 12.7. The molecular formula is C19H23BrN2O4. The van der Waals surface area contributed by atoms with Crippen LogP contribution in [0.5, 0.6) is 5.75 Å². The van der Waals surface area contributed by atoms with E-state index in [0.717, 1.165) is 10.2 Å². The molecule has 6 nitrogen and oxygen atoms in total. The lowest BCUT2D eigenvalue weighted by atomic mass is 10.0. The Bertz CT molecular complexity index is 714. The van der Waals surface area contributed by atoms with Crippen molar-refractivity contribution in [3.05, 3.63) is 52.9 Å². The highest BCUT2D eigenvalue weighted by atomic mass is 79.9. The quantitative estimate of drug-likeness (QED) is 0.707. The van der Waals surface area contributed by atoms with Crippen LogP contribution < -0.4 is 10.1 Å². The average molecular weight is 423 g/mol. The number of halogens is 1. The molecule has 140 valence electrons. The van der Waals surface area contributed by atoms with Crippen LogP contribution in [0.25, 0.3) is 0 Å². The molecule has 0 aliphatic carbocycles. The predicted molar refractivity (Wildman–Crippen MR) is 102 cm³/mol. The van der Waals surface area contributed by atoms with Crippen molar-refractivity contribution >= 4 is 27.7 Å². The molecule has 1 aromatic heterocycles. The third kappa shape index (κ3) is 5.62. The number of hydrogen-bond acceptors (Lipinski definition) is 4. The van der Waals surface area contributed by atoms with Gasteiger partial charge in [0.25, 0.3) is 5.91 Å². The molecule has 0 aliphatic rings. The molecule has 0 spiro atoms. The average Bonchev–Trinajstić information content (AvgIpc) is 3.15. The van der Waals surface area contributed by atoms with E-state index in [1.54, 1.807) is 24.1 Å². The highest BCUT2D eigenvalue weighted by Crippen LogP contribution is 2.16. The Balaban J connectivity index is 1.88. The Morgan fingerprint density at radius 2 is 1.92 bits per heavy atom. The lowest BCUT2D eigenvalue weighted by Crippen LogP contribution is -2.50. The molecule has 0 radical (unpaired) electrons. The Kier molecular flexibility index (Phi) is 7.26. The Labute approximate surface area is 161 Å². The minimum absolute atomic E-state index is 0.0590. The summed E-state index contributed by atoms with van der Waals surface area (Å²) in [6.45, 7) is 4.55. The first-order valence-electron chi connectivity index (χ1n) is 8.36. The van der Waals surface area contributed by atoms with Crippen LogP contribution in [0.4, 0.5) is 0 Å². The van der Waals surface area contributed by atoms with Crippen LogP contribution in [-0.2, 0) is 4.79 Å². The van der Waals surface area contributed by atoms with Gasteiger partial charge in [0.15, 0.2) is 5.76 Å². The third-order valence-electron chi connectivity index (χ3n) is 3.85. The largest absolute Gasteiger partial charge is 0.492 e. The number of nitrogens with zero attached hydrogens (tertiary/aromatic N) is 1. The van der Waals surface area contributed by atoms with Gasteiger partial charge in [0, 0.05) is 11.5 Å². The van der Waals surface area contributed by atoms with E-state index < -0.39 is 11.9 Å². The number of amides is 2. The van der Waals surface area contributed by atoms with Crippen LogP contribution in [0.1, 0.15) is 24.4 Å². The first kappa shape index (κ1) is 20.0. The zero-order chi connectivity index (χ0) is 19.1. The highest BCUT2D eigenvalue weighted by molar-refractivity contribution is 9.10. The number of hydrogen-bond donors (Lipinski definition) is 1. The van der Waals surface area contributed by atoms with E-state index in [-0.39, 0.29) is 17.6 Å². The van der Waals surface area contributed by atoms with Crippen LogP contribution >= 0.6 is 15.9 Å². The van der Waals surface area contributed by atoms with Gasteiger partial charge < -0.3 is 19.4 Å². The van der Waals surface area contributed by atoms with Gasteiger partial charge >= 0.3 is 0 Å². The Morgan fingerprint density at radius 3 is 2.50 bits per heavy atom. The van der Waals surface area contributed by atoms with Crippen LogP contribution in [-0.4, -0.2) is 43.0 Å². The number of nitrogens with one attached hydrogen (secondary N) is 1. The summed E-state index contributed by atoms with van der Waals surface area (Å²) >= 11 is 3.37. The molecule has 0 saturated carbocycles. The smallest absolute Gasteiger partial charge is 0.287 e. The minimum atomic E-state index is -0.634. The minimum Gasteiger partial charge on any atom is -0.492 e. The van der Waals surface area contributed by atoms with Crippen molar-refractivity contribution < 1.29 is 18.7 Å². The van der Waals surface area contributed by atoms with E-state index >= 15 is 0 Å². The van der Waals surface area contributed by atoms with E-state index in [9.17, 15) is 9.59 Å². The van der Waals surface area contributed by atoms with Gasteiger partial charge in [0.2, 0.25) is 5.91 Å². The van der Waals surface area contributed by atoms with E-state index in [4.69, 9.17) is 9.15 Å². The lowest BCUT2D eigenvalue weighted by Gasteiger charge is -2.26. The molecule has 2 aromatic rings. The maximum absolute atomic E-state index is 12.7.